The lowest BCUT2D eigenvalue weighted by Gasteiger charge is -2.35. The van der Waals surface area contributed by atoms with E-state index in [9.17, 15) is 13.2 Å². The Morgan fingerprint density at radius 2 is 1.86 bits per heavy atom. The van der Waals surface area contributed by atoms with Crippen LogP contribution in [-0.4, -0.2) is 59.7 Å². The summed E-state index contributed by atoms with van der Waals surface area (Å²) in [6.45, 7) is 8.83. The summed E-state index contributed by atoms with van der Waals surface area (Å²) in [7, 11) is -3.41. The van der Waals surface area contributed by atoms with E-state index in [-0.39, 0.29) is 16.8 Å². The van der Waals surface area contributed by atoms with Crippen molar-refractivity contribution in [3.8, 4) is 0 Å². The van der Waals surface area contributed by atoms with E-state index in [0.717, 1.165) is 60.6 Å². The SMILES string of the molecule is Cc1ccc(S(C)(=O)=O)cc1C(=O)N1CCCCC1c1cc2nc(N3CCC(C)C3)c(C)cn2n1. The third-order valence-corrected chi connectivity index (χ3v) is 8.43. The van der Waals surface area contributed by atoms with Gasteiger partial charge in [0.1, 0.15) is 5.82 Å². The molecule has 9 heteroatoms. The second-order valence-corrected chi connectivity index (χ2v) is 12.2. The number of rotatable bonds is 4. The summed E-state index contributed by atoms with van der Waals surface area (Å²) in [5, 5.41) is 4.83. The van der Waals surface area contributed by atoms with Crippen LogP contribution in [0.3, 0.4) is 0 Å². The van der Waals surface area contributed by atoms with Gasteiger partial charge in [-0.05, 0) is 63.1 Å². The van der Waals surface area contributed by atoms with E-state index in [0.29, 0.717) is 18.0 Å². The molecule has 0 aliphatic carbocycles. The van der Waals surface area contributed by atoms with E-state index in [4.69, 9.17) is 10.1 Å². The predicted octanol–water partition coefficient (Wildman–Crippen LogP) is 3.96. The summed E-state index contributed by atoms with van der Waals surface area (Å²) in [6.07, 6.45) is 7.10. The number of carbonyl (C=O) groups excluding carboxylic acids is 1. The number of hydrogen-bond acceptors (Lipinski definition) is 6. The summed E-state index contributed by atoms with van der Waals surface area (Å²) in [6, 6.07) is 6.61. The molecule has 4 heterocycles. The van der Waals surface area contributed by atoms with Crippen molar-refractivity contribution in [2.75, 3.05) is 30.8 Å². The molecule has 2 unspecified atom stereocenters. The molecule has 2 aromatic heterocycles. The Labute approximate surface area is 206 Å². The number of likely N-dealkylation sites (tertiary alicyclic amines) is 1. The fourth-order valence-corrected chi connectivity index (χ4v) is 5.98. The molecule has 2 fully saturated rings. The predicted molar refractivity (Wildman–Crippen MR) is 136 cm³/mol. The van der Waals surface area contributed by atoms with Gasteiger partial charge in [0, 0.05) is 49.3 Å². The molecule has 8 nitrogen and oxygen atoms in total. The standard InChI is InChI=1S/C26H33N5O3S/c1-17-10-12-29(15-17)25-19(3)16-31-24(27-25)14-22(28-31)23-7-5-6-11-30(23)26(32)21-13-20(35(4,33)34)9-8-18(21)2/h8-9,13-14,16-17,23H,5-7,10-12,15H2,1-4H3. The minimum atomic E-state index is -3.41. The van der Waals surface area contributed by atoms with Gasteiger partial charge in [0.25, 0.3) is 5.91 Å². The molecule has 0 saturated carbocycles. The number of piperidine rings is 1. The Morgan fingerprint density at radius 1 is 1.06 bits per heavy atom. The molecule has 1 aromatic carbocycles. The molecule has 1 amide bonds. The van der Waals surface area contributed by atoms with Crippen molar-refractivity contribution in [1.29, 1.82) is 0 Å². The number of anilines is 1. The Kier molecular flexibility index (Phi) is 6.07. The minimum absolute atomic E-state index is 0.148. The smallest absolute Gasteiger partial charge is 0.254 e. The van der Waals surface area contributed by atoms with Gasteiger partial charge in [0.05, 0.1) is 16.6 Å². The number of sulfone groups is 1. The number of hydrogen-bond donors (Lipinski definition) is 0. The lowest BCUT2D eigenvalue weighted by Crippen LogP contribution is -2.39. The molecule has 3 aromatic rings. The topological polar surface area (TPSA) is 87.9 Å². The largest absolute Gasteiger partial charge is 0.356 e. The fourth-order valence-electron chi connectivity index (χ4n) is 5.33. The molecule has 2 saturated heterocycles. The summed E-state index contributed by atoms with van der Waals surface area (Å²) >= 11 is 0. The van der Waals surface area contributed by atoms with E-state index in [2.05, 4.69) is 18.7 Å². The van der Waals surface area contributed by atoms with Gasteiger partial charge in [-0.15, -0.1) is 0 Å². The molecule has 2 aliphatic rings. The molecule has 5 rings (SSSR count). The Morgan fingerprint density at radius 3 is 2.57 bits per heavy atom. The van der Waals surface area contributed by atoms with Crippen LogP contribution in [0, 0.1) is 19.8 Å². The molecular formula is C26H33N5O3S. The van der Waals surface area contributed by atoms with Crippen molar-refractivity contribution in [3.05, 3.63) is 52.8 Å². The van der Waals surface area contributed by atoms with E-state index in [1.54, 1.807) is 12.1 Å². The van der Waals surface area contributed by atoms with Gasteiger partial charge in [-0.2, -0.15) is 5.10 Å². The number of fused-ring (bicyclic) bond motifs is 1. The molecule has 0 N–H and O–H groups in total. The normalized spacial score (nSPS) is 21.1. The highest BCUT2D eigenvalue weighted by Gasteiger charge is 2.32. The van der Waals surface area contributed by atoms with Gasteiger partial charge in [0.15, 0.2) is 15.5 Å². The maximum Gasteiger partial charge on any atom is 0.254 e. The molecule has 0 radical (unpaired) electrons. The highest BCUT2D eigenvalue weighted by atomic mass is 32.2. The van der Waals surface area contributed by atoms with Gasteiger partial charge in [-0.3, -0.25) is 4.79 Å². The van der Waals surface area contributed by atoms with Gasteiger partial charge >= 0.3 is 0 Å². The molecule has 35 heavy (non-hydrogen) atoms. The van der Waals surface area contributed by atoms with Crippen molar-refractivity contribution in [2.24, 2.45) is 5.92 Å². The Hall–Kier alpha value is -2.94. The average Bonchev–Trinajstić information content (AvgIpc) is 3.43. The van der Waals surface area contributed by atoms with Crippen LogP contribution in [0.1, 0.15) is 65.8 Å². The number of benzene rings is 1. The quantitative estimate of drug-likeness (QED) is 0.544. The minimum Gasteiger partial charge on any atom is -0.356 e. The van der Waals surface area contributed by atoms with Crippen LogP contribution in [0.2, 0.25) is 0 Å². The van der Waals surface area contributed by atoms with Gasteiger partial charge in [0.2, 0.25) is 0 Å². The van der Waals surface area contributed by atoms with Crippen molar-refractivity contribution in [2.45, 2.75) is 57.4 Å². The highest BCUT2D eigenvalue weighted by Crippen LogP contribution is 2.33. The number of aromatic nitrogens is 3. The molecule has 2 aliphatic heterocycles. The van der Waals surface area contributed by atoms with Crippen LogP contribution >= 0.6 is 0 Å². The maximum atomic E-state index is 13.7. The Balaban J connectivity index is 1.49. The van der Waals surface area contributed by atoms with Gasteiger partial charge in [-0.1, -0.05) is 13.0 Å². The number of carbonyl (C=O) groups is 1. The fraction of sp³-hybridized carbons (Fsp3) is 0.500. The van der Waals surface area contributed by atoms with Crippen LogP contribution < -0.4 is 4.90 Å². The number of nitrogens with zero attached hydrogens (tertiary/aromatic N) is 5. The van der Waals surface area contributed by atoms with Crippen molar-refractivity contribution >= 4 is 27.2 Å². The van der Waals surface area contributed by atoms with E-state index in [1.165, 1.54) is 18.7 Å². The Bertz CT molecular complexity index is 1400. The second kappa shape index (κ2) is 8.93. The van der Waals surface area contributed by atoms with E-state index < -0.39 is 9.84 Å². The van der Waals surface area contributed by atoms with Crippen LogP contribution in [0.25, 0.3) is 5.65 Å². The molecule has 2 atom stereocenters. The third kappa shape index (κ3) is 4.53. The first-order chi connectivity index (χ1) is 16.6. The van der Waals surface area contributed by atoms with Crippen LogP contribution in [0.5, 0.6) is 0 Å². The highest BCUT2D eigenvalue weighted by molar-refractivity contribution is 7.90. The summed E-state index contributed by atoms with van der Waals surface area (Å²) in [5.74, 6) is 1.53. The zero-order chi connectivity index (χ0) is 24.9. The number of aryl methyl sites for hydroxylation is 2. The molecular weight excluding hydrogens is 462 g/mol. The monoisotopic (exact) mass is 495 g/mol. The van der Waals surface area contributed by atoms with Crippen LogP contribution in [0.15, 0.2) is 35.4 Å². The first-order valence-electron chi connectivity index (χ1n) is 12.4. The molecule has 0 bridgehead atoms. The van der Waals surface area contributed by atoms with Crippen LogP contribution in [0.4, 0.5) is 5.82 Å². The zero-order valence-electron chi connectivity index (χ0n) is 20.9. The second-order valence-electron chi connectivity index (χ2n) is 10.2. The van der Waals surface area contributed by atoms with Crippen LogP contribution in [-0.2, 0) is 9.84 Å². The zero-order valence-corrected chi connectivity index (χ0v) is 21.7. The summed E-state index contributed by atoms with van der Waals surface area (Å²) in [5.41, 5.74) is 3.90. The lowest BCUT2D eigenvalue weighted by atomic mass is 9.97. The van der Waals surface area contributed by atoms with Crippen molar-refractivity contribution in [1.82, 2.24) is 19.5 Å². The first-order valence-corrected chi connectivity index (χ1v) is 14.2. The van der Waals surface area contributed by atoms with Gasteiger partial charge < -0.3 is 9.80 Å². The summed E-state index contributed by atoms with van der Waals surface area (Å²) < 4.78 is 26.0. The van der Waals surface area contributed by atoms with E-state index >= 15 is 0 Å². The summed E-state index contributed by atoms with van der Waals surface area (Å²) in [4.78, 5) is 23.0. The first kappa shape index (κ1) is 23.8. The van der Waals surface area contributed by atoms with Gasteiger partial charge in [-0.25, -0.2) is 17.9 Å². The van der Waals surface area contributed by atoms with Crippen molar-refractivity contribution < 1.29 is 13.2 Å². The number of amides is 1. The van der Waals surface area contributed by atoms with Crippen molar-refractivity contribution in [3.63, 3.8) is 0 Å². The lowest BCUT2D eigenvalue weighted by molar-refractivity contribution is 0.0604. The molecule has 186 valence electrons. The molecule has 0 spiro atoms. The maximum absolute atomic E-state index is 13.7. The third-order valence-electron chi connectivity index (χ3n) is 7.32. The average molecular weight is 496 g/mol. The van der Waals surface area contributed by atoms with E-state index in [1.807, 2.05) is 28.6 Å².